The van der Waals surface area contributed by atoms with Gasteiger partial charge in [-0.1, -0.05) is 36.4 Å². The third-order valence-corrected chi connectivity index (χ3v) is 7.51. The summed E-state index contributed by atoms with van der Waals surface area (Å²) in [6.07, 6.45) is 2.95. The van der Waals surface area contributed by atoms with Gasteiger partial charge in [0.2, 0.25) is 0 Å². The monoisotopic (exact) mass is 498 g/mol. The molecule has 2 aromatic carbocycles. The number of phenols is 2. The lowest BCUT2D eigenvalue weighted by Crippen LogP contribution is -2.57. The van der Waals surface area contributed by atoms with Crippen molar-refractivity contribution in [2.45, 2.75) is 49.6 Å². The molecule has 0 spiro atoms. The Morgan fingerprint density at radius 3 is 1.25 bits per heavy atom. The highest BCUT2D eigenvalue weighted by molar-refractivity contribution is 5.34. The molecular weight excluding hydrogens is 460 g/mol. The van der Waals surface area contributed by atoms with Gasteiger partial charge in [-0.3, -0.25) is 0 Å². The normalized spacial score (nSPS) is 26.9. The predicted molar refractivity (Wildman–Crippen MR) is 134 cm³/mol. The second-order valence-electron chi connectivity index (χ2n) is 9.82. The van der Waals surface area contributed by atoms with Crippen LogP contribution in [-0.2, 0) is 31.8 Å². The van der Waals surface area contributed by atoms with Crippen LogP contribution in [0, 0.1) is 0 Å². The van der Waals surface area contributed by atoms with Gasteiger partial charge in [0.1, 0.15) is 11.5 Å². The first-order chi connectivity index (χ1) is 17.5. The molecule has 0 aliphatic carbocycles. The first kappa shape index (κ1) is 26.5. The van der Waals surface area contributed by atoms with Crippen LogP contribution < -0.4 is 0 Å². The molecule has 8 heteroatoms. The number of benzene rings is 2. The van der Waals surface area contributed by atoms with E-state index in [1.807, 2.05) is 24.3 Å². The molecule has 36 heavy (non-hydrogen) atoms. The predicted octanol–water partition coefficient (Wildman–Crippen LogP) is 4.05. The first-order valence-corrected chi connectivity index (χ1v) is 12.9. The number of para-hydroxylation sites is 2. The van der Waals surface area contributed by atoms with E-state index in [1.54, 1.807) is 24.3 Å². The highest BCUT2D eigenvalue weighted by Gasteiger charge is 2.50. The van der Waals surface area contributed by atoms with Gasteiger partial charge in [0.15, 0.2) is 11.1 Å². The standard InChI is InChI=1S/C28H38N2O6/c29-30-27(21-23-5-1-3-7-25(23)31)9-13-33-17-19-35-15-11-28(30,12-16-36-20-18-34-14-10-27)22-24-6-2-4-8-26(24)32/h1-8,31-32H,9-22H2. The molecule has 4 rings (SSSR count). The molecule has 2 aromatic rings. The van der Waals surface area contributed by atoms with Crippen LogP contribution in [0.25, 0.3) is 5.53 Å². The minimum Gasteiger partial charge on any atom is -0.508 e. The van der Waals surface area contributed by atoms with E-state index in [4.69, 9.17) is 18.9 Å². The van der Waals surface area contributed by atoms with Crippen molar-refractivity contribution in [1.29, 1.82) is 0 Å². The Labute approximate surface area is 213 Å². The molecule has 2 aliphatic heterocycles. The van der Waals surface area contributed by atoms with Crippen LogP contribution in [0.2, 0.25) is 0 Å². The van der Waals surface area contributed by atoms with E-state index in [0.717, 1.165) is 11.1 Å². The van der Waals surface area contributed by atoms with E-state index in [2.05, 4.69) is 0 Å². The number of hydrogen-bond donors (Lipinski definition) is 2. The lowest BCUT2D eigenvalue weighted by molar-refractivity contribution is -0.699. The molecule has 2 N–H and O–H groups in total. The van der Waals surface area contributed by atoms with Crippen LogP contribution in [-0.4, -0.2) is 78.8 Å². The van der Waals surface area contributed by atoms with Gasteiger partial charge < -0.3 is 39.4 Å². The van der Waals surface area contributed by atoms with Gasteiger partial charge >= 0.3 is 0 Å². The molecule has 0 atom stereocenters. The molecule has 2 fully saturated rings. The molecule has 2 saturated heterocycles. The Balaban J connectivity index is 1.83. The van der Waals surface area contributed by atoms with E-state index in [1.165, 1.54) is 4.70 Å². The third-order valence-electron chi connectivity index (χ3n) is 7.51. The van der Waals surface area contributed by atoms with Crippen molar-refractivity contribution in [3.05, 3.63) is 65.2 Å². The summed E-state index contributed by atoms with van der Waals surface area (Å²) in [6, 6.07) is 14.5. The first-order valence-electron chi connectivity index (χ1n) is 12.9. The van der Waals surface area contributed by atoms with E-state index < -0.39 is 11.1 Å². The molecule has 2 aliphatic rings. The number of fused-ring (bicyclic) bond motifs is 2. The van der Waals surface area contributed by atoms with Gasteiger partial charge in [0.05, 0.1) is 52.9 Å². The molecule has 0 unspecified atom stereocenters. The maximum absolute atomic E-state index is 12.4. The largest absolute Gasteiger partial charge is 0.508 e. The summed E-state index contributed by atoms with van der Waals surface area (Å²) >= 11 is 0. The van der Waals surface area contributed by atoms with E-state index in [9.17, 15) is 15.7 Å². The van der Waals surface area contributed by atoms with Gasteiger partial charge in [-0.25, -0.2) is 0 Å². The van der Waals surface area contributed by atoms with Crippen molar-refractivity contribution in [2.75, 3.05) is 52.9 Å². The molecule has 8 nitrogen and oxygen atoms in total. The third kappa shape index (κ3) is 6.42. The summed E-state index contributed by atoms with van der Waals surface area (Å²) in [5.74, 6) is 0.396. The average Bonchev–Trinajstić information content (AvgIpc) is 2.92. The van der Waals surface area contributed by atoms with Crippen LogP contribution in [0.3, 0.4) is 0 Å². The number of nitrogens with zero attached hydrogens (tertiary/aromatic N) is 2. The summed E-state index contributed by atoms with van der Waals surface area (Å²) in [4.78, 5) is 0. The highest BCUT2D eigenvalue weighted by Crippen LogP contribution is 2.39. The van der Waals surface area contributed by atoms with Gasteiger partial charge in [-0.2, -0.15) is 0 Å². The summed E-state index contributed by atoms with van der Waals surface area (Å²) in [6.45, 7) is 3.62. The molecule has 2 bridgehead atoms. The summed E-state index contributed by atoms with van der Waals surface area (Å²) < 4.78 is 25.1. The van der Waals surface area contributed by atoms with Gasteiger partial charge in [0.25, 0.3) is 0 Å². The fourth-order valence-corrected chi connectivity index (χ4v) is 5.40. The van der Waals surface area contributed by atoms with Gasteiger partial charge in [-0.15, -0.1) is 0 Å². The lowest BCUT2D eigenvalue weighted by atomic mass is 9.76. The zero-order chi connectivity index (χ0) is 25.3. The van der Waals surface area contributed by atoms with Crippen molar-refractivity contribution >= 4 is 0 Å². The van der Waals surface area contributed by atoms with Gasteiger partial charge in [0, 0.05) is 49.7 Å². The van der Waals surface area contributed by atoms with Crippen molar-refractivity contribution < 1.29 is 33.9 Å². The molecule has 0 amide bonds. The number of phenolic OH excluding ortho intramolecular Hbond substituents is 2. The van der Waals surface area contributed by atoms with Crippen LogP contribution in [0.5, 0.6) is 11.5 Å². The number of aromatic hydroxyl groups is 2. The Hall–Kier alpha value is -2.52. The van der Waals surface area contributed by atoms with E-state index >= 15 is 0 Å². The minimum absolute atomic E-state index is 0.198. The SMILES string of the molecule is [N-]=[N+]1C2(Cc3ccccc3O)CCOCCOCCC1(Cc1ccccc1O)CCOCCOCC2. The molecular formula is C28H38N2O6. The van der Waals surface area contributed by atoms with E-state index in [0.29, 0.717) is 91.4 Å². The fraction of sp³-hybridized carbons (Fsp3) is 0.571. The van der Waals surface area contributed by atoms with Crippen LogP contribution in [0.4, 0.5) is 0 Å². The van der Waals surface area contributed by atoms with Crippen LogP contribution in [0.1, 0.15) is 36.8 Å². The number of ether oxygens (including phenoxy) is 4. The fourth-order valence-electron chi connectivity index (χ4n) is 5.40. The second kappa shape index (κ2) is 12.6. The van der Waals surface area contributed by atoms with Crippen molar-refractivity contribution in [3.8, 4) is 11.5 Å². The smallest absolute Gasteiger partial charge is 0.159 e. The number of hydrogen-bond acceptors (Lipinski definition) is 6. The Bertz CT molecular complexity index is 900. The summed E-state index contributed by atoms with van der Waals surface area (Å²) in [5.41, 5.74) is 12.3. The Morgan fingerprint density at radius 2 is 0.917 bits per heavy atom. The average molecular weight is 499 g/mol. The van der Waals surface area contributed by atoms with Crippen molar-refractivity contribution in [1.82, 2.24) is 0 Å². The lowest BCUT2D eigenvalue weighted by Gasteiger charge is -2.45. The molecule has 0 saturated carbocycles. The summed E-state index contributed by atoms with van der Waals surface area (Å²) in [5, 5.41) is 21.3. The van der Waals surface area contributed by atoms with Crippen LogP contribution >= 0.6 is 0 Å². The van der Waals surface area contributed by atoms with Gasteiger partial charge in [-0.05, 0) is 12.1 Å². The zero-order valence-corrected chi connectivity index (χ0v) is 20.9. The molecule has 2 heterocycles. The quantitative estimate of drug-likeness (QED) is 0.617. The second-order valence-corrected chi connectivity index (χ2v) is 9.82. The maximum atomic E-state index is 12.4. The molecule has 0 aromatic heterocycles. The van der Waals surface area contributed by atoms with Crippen molar-refractivity contribution in [3.63, 3.8) is 0 Å². The number of rotatable bonds is 4. The Kier molecular flexibility index (Phi) is 9.31. The minimum atomic E-state index is -0.794. The van der Waals surface area contributed by atoms with E-state index in [-0.39, 0.29) is 11.5 Å². The zero-order valence-electron chi connectivity index (χ0n) is 20.9. The Morgan fingerprint density at radius 1 is 0.583 bits per heavy atom. The topological polar surface area (TPSA) is 103 Å². The van der Waals surface area contributed by atoms with Crippen LogP contribution in [0.15, 0.2) is 48.5 Å². The highest BCUT2D eigenvalue weighted by atomic mass is 16.5. The molecule has 0 radical (unpaired) electrons. The maximum Gasteiger partial charge on any atom is 0.159 e. The summed E-state index contributed by atoms with van der Waals surface area (Å²) in [7, 11) is 0. The molecule has 196 valence electrons. The van der Waals surface area contributed by atoms with Crippen molar-refractivity contribution in [2.24, 2.45) is 0 Å².